The molecule has 2 N–H and O–H groups in total. The van der Waals surface area contributed by atoms with Gasteiger partial charge in [-0.05, 0) is 36.8 Å². The third-order valence-corrected chi connectivity index (χ3v) is 4.09. The Morgan fingerprint density at radius 1 is 1.59 bits per heavy atom. The van der Waals surface area contributed by atoms with Crippen molar-refractivity contribution in [1.82, 2.24) is 0 Å². The number of hydrogen-bond acceptors (Lipinski definition) is 4. The molecule has 0 saturated carbocycles. The van der Waals surface area contributed by atoms with Gasteiger partial charge in [0.2, 0.25) is 0 Å². The van der Waals surface area contributed by atoms with Gasteiger partial charge in [-0.15, -0.1) is 11.3 Å². The zero-order chi connectivity index (χ0) is 12.4. The number of carbonyl (C=O) groups excluding carboxylic acids is 2. The summed E-state index contributed by atoms with van der Waals surface area (Å²) < 4.78 is 4.79. The number of rotatable bonds is 3. The topological polar surface area (TPSA) is 69.4 Å². The molecule has 17 heavy (non-hydrogen) atoms. The molecular formula is C12H15NO3S. The van der Waals surface area contributed by atoms with Gasteiger partial charge in [-0.2, -0.15) is 0 Å². The molecule has 0 unspecified atom stereocenters. The van der Waals surface area contributed by atoms with Gasteiger partial charge in [0.15, 0.2) is 6.61 Å². The second-order valence-electron chi connectivity index (χ2n) is 4.45. The first-order chi connectivity index (χ1) is 8.06. The van der Waals surface area contributed by atoms with Crippen LogP contribution in [0.3, 0.4) is 0 Å². The highest BCUT2D eigenvalue weighted by molar-refractivity contribution is 7.14. The molecule has 1 amide bonds. The fourth-order valence-corrected chi connectivity index (χ4v) is 3.12. The Hall–Kier alpha value is -1.36. The average molecular weight is 253 g/mol. The van der Waals surface area contributed by atoms with E-state index in [1.165, 1.54) is 28.2 Å². The predicted molar refractivity (Wildman–Crippen MR) is 65.0 cm³/mol. The SMILES string of the molecule is C[C@H]1CCc2sc(C(=O)OCC(N)=O)cc2C1. The molecule has 0 fully saturated rings. The van der Waals surface area contributed by atoms with E-state index in [0.717, 1.165) is 12.8 Å². The first-order valence-electron chi connectivity index (χ1n) is 5.63. The van der Waals surface area contributed by atoms with E-state index in [-0.39, 0.29) is 6.61 Å². The molecule has 1 aliphatic rings. The number of primary amides is 1. The Morgan fingerprint density at radius 2 is 2.35 bits per heavy atom. The van der Waals surface area contributed by atoms with Gasteiger partial charge in [-0.3, -0.25) is 4.79 Å². The number of esters is 1. The second-order valence-corrected chi connectivity index (χ2v) is 5.59. The summed E-state index contributed by atoms with van der Waals surface area (Å²) in [6.45, 7) is 1.86. The van der Waals surface area contributed by atoms with Crippen molar-refractivity contribution in [3.05, 3.63) is 21.4 Å². The van der Waals surface area contributed by atoms with Crippen molar-refractivity contribution < 1.29 is 14.3 Å². The summed E-state index contributed by atoms with van der Waals surface area (Å²) >= 11 is 1.47. The molecule has 0 spiro atoms. The molecule has 5 heteroatoms. The largest absolute Gasteiger partial charge is 0.451 e. The normalized spacial score (nSPS) is 18.5. The molecule has 1 heterocycles. The van der Waals surface area contributed by atoms with Crippen LogP contribution in [-0.4, -0.2) is 18.5 Å². The summed E-state index contributed by atoms with van der Waals surface area (Å²) in [5.41, 5.74) is 6.17. The maximum absolute atomic E-state index is 11.6. The van der Waals surface area contributed by atoms with E-state index in [1.807, 2.05) is 6.07 Å². The molecule has 1 aromatic heterocycles. The third kappa shape index (κ3) is 2.85. The summed E-state index contributed by atoms with van der Waals surface area (Å²) in [5.74, 6) is -0.407. The maximum atomic E-state index is 11.6. The highest BCUT2D eigenvalue weighted by Crippen LogP contribution is 2.32. The fourth-order valence-electron chi connectivity index (χ4n) is 2.01. The number of amides is 1. The molecule has 1 atom stereocenters. The van der Waals surface area contributed by atoms with Gasteiger partial charge in [0, 0.05) is 4.88 Å². The van der Waals surface area contributed by atoms with Crippen LogP contribution in [0.4, 0.5) is 0 Å². The highest BCUT2D eigenvalue weighted by Gasteiger charge is 2.21. The summed E-state index contributed by atoms with van der Waals surface area (Å²) in [4.78, 5) is 24.0. The predicted octanol–water partition coefficient (Wildman–Crippen LogP) is 1.52. The number of thiophene rings is 1. The Morgan fingerprint density at radius 3 is 3.06 bits per heavy atom. The number of aryl methyl sites for hydroxylation is 1. The first-order valence-corrected chi connectivity index (χ1v) is 6.45. The molecule has 1 aromatic rings. The lowest BCUT2D eigenvalue weighted by atomic mass is 9.90. The first kappa shape index (κ1) is 12.1. The average Bonchev–Trinajstić information content (AvgIpc) is 2.68. The zero-order valence-electron chi connectivity index (χ0n) is 9.69. The summed E-state index contributed by atoms with van der Waals surface area (Å²) in [5, 5.41) is 0. The maximum Gasteiger partial charge on any atom is 0.348 e. The molecular weight excluding hydrogens is 238 g/mol. The van der Waals surface area contributed by atoms with Crippen molar-refractivity contribution in [2.45, 2.75) is 26.2 Å². The van der Waals surface area contributed by atoms with Gasteiger partial charge in [-0.25, -0.2) is 4.79 Å². The van der Waals surface area contributed by atoms with Gasteiger partial charge >= 0.3 is 5.97 Å². The van der Waals surface area contributed by atoms with Gasteiger partial charge in [0.1, 0.15) is 4.88 Å². The van der Waals surface area contributed by atoms with Crippen molar-refractivity contribution >= 4 is 23.2 Å². The highest BCUT2D eigenvalue weighted by atomic mass is 32.1. The molecule has 1 aliphatic carbocycles. The summed E-state index contributed by atoms with van der Waals surface area (Å²) in [6.07, 6.45) is 3.22. The van der Waals surface area contributed by atoms with Crippen LogP contribution in [0.5, 0.6) is 0 Å². The summed E-state index contributed by atoms with van der Waals surface area (Å²) in [6, 6.07) is 1.89. The van der Waals surface area contributed by atoms with Crippen molar-refractivity contribution in [2.75, 3.05) is 6.61 Å². The zero-order valence-corrected chi connectivity index (χ0v) is 10.5. The van der Waals surface area contributed by atoms with Gasteiger partial charge in [-0.1, -0.05) is 6.92 Å². The minimum atomic E-state index is -0.631. The minimum absolute atomic E-state index is 0.349. The lowest BCUT2D eigenvalue weighted by molar-refractivity contribution is -0.121. The number of hydrogen-bond donors (Lipinski definition) is 1. The van der Waals surface area contributed by atoms with E-state index in [0.29, 0.717) is 10.8 Å². The number of nitrogens with two attached hydrogens (primary N) is 1. The quantitative estimate of drug-likeness (QED) is 0.830. The Bertz CT molecular complexity index is 453. The fraction of sp³-hybridized carbons (Fsp3) is 0.500. The van der Waals surface area contributed by atoms with E-state index in [4.69, 9.17) is 10.5 Å². The van der Waals surface area contributed by atoms with Crippen molar-refractivity contribution in [1.29, 1.82) is 0 Å². The van der Waals surface area contributed by atoms with Crippen molar-refractivity contribution in [3.8, 4) is 0 Å². The molecule has 0 aromatic carbocycles. The number of fused-ring (bicyclic) bond motifs is 1. The van der Waals surface area contributed by atoms with Crippen LogP contribution >= 0.6 is 11.3 Å². The molecule has 92 valence electrons. The lowest BCUT2D eigenvalue weighted by Gasteiger charge is -2.16. The van der Waals surface area contributed by atoms with Gasteiger partial charge in [0.05, 0.1) is 0 Å². The van der Waals surface area contributed by atoms with E-state index in [2.05, 4.69) is 6.92 Å². The Labute approximate surface area is 104 Å². The minimum Gasteiger partial charge on any atom is -0.451 e. The van der Waals surface area contributed by atoms with Crippen LogP contribution in [0.25, 0.3) is 0 Å². The van der Waals surface area contributed by atoms with Crippen LogP contribution in [0.2, 0.25) is 0 Å². The van der Waals surface area contributed by atoms with Crippen molar-refractivity contribution in [2.24, 2.45) is 11.7 Å². The molecule has 0 radical (unpaired) electrons. The Kier molecular flexibility index (Phi) is 3.47. The van der Waals surface area contributed by atoms with Crippen molar-refractivity contribution in [3.63, 3.8) is 0 Å². The molecule has 0 bridgehead atoms. The van der Waals surface area contributed by atoms with Crippen LogP contribution < -0.4 is 5.73 Å². The van der Waals surface area contributed by atoms with E-state index in [1.54, 1.807) is 0 Å². The standard InChI is InChI=1S/C12H15NO3S/c1-7-2-3-9-8(4-7)5-10(17-9)12(15)16-6-11(13)14/h5,7H,2-4,6H2,1H3,(H2,13,14)/t7-/m0/s1. The van der Waals surface area contributed by atoms with Crippen LogP contribution in [0.15, 0.2) is 6.07 Å². The van der Waals surface area contributed by atoms with Crippen LogP contribution in [-0.2, 0) is 22.4 Å². The van der Waals surface area contributed by atoms with E-state index in [9.17, 15) is 9.59 Å². The number of ether oxygens (including phenoxy) is 1. The third-order valence-electron chi connectivity index (χ3n) is 2.88. The smallest absolute Gasteiger partial charge is 0.348 e. The monoisotopic (exact) mass is 253 g/mol. The second kappa shape index (κ2) is 4.87. The molecule has 0 saturated heterocycles. The lowest BCUT2D eigenvalue weighted by Crippen LogP contribution is -2.20. The summed E-state index contributed by atoms with van der Waals surface area (Å²) in [7, 11) is 0. The van der Waals surface area contributed by atoms with Crippen LogP contribution in [0.1, 0.15) is 33.5 Å². The Balaban J connectivity index is 2.07. The molecule has 0 aliphatic heterocycles. The molecule has 2 rings (SSSR count). The van der Waals surface area contributed by atoms with E-state index >= 15 is 0 Å². The van der Waals surface area contributed by atoms with Gasteiger partial charge in [0.25, 0.3) is 5.91 Å². The van der Waals surface area contributed by atoms with Gasteiger partial charge < -0.3 is 10.5 Å². The van der Waals surface area contributed by atoms with E-state index < -0.39 is 11.9 Å². The number of carbonyl (C=O) groups is 2. The van der Waals surface area contributed by atoms with Crippen LogP contribution in [0, 0.1) is 5.92 Å². The molecule has 4 nitrogen and oxygen atoms in total.